The van der Waals surface area contributed by atoms with Gasteiger partial charge >= 0.3 is 0 Å². The van der Waals surface area contributed by atoms with Crippen molar-refractivity contribution >= 4 is 10.0 Å². The van der Waals surface area contributed by atoms with Gasteiger partial charge in [-0.05, 0) is 6.07 Å². The first kappa shape index (κ1) is 9.02. The highest BCUT2D eigenvalue weighted by atomic mass is 32.2. The van der Waals surface area contributed by atoms with Crippen LogP contribution in [0.1, 0.15) is 5.56 Å². The molecule has 3 N–H and O–H groups in total. The molecule has 0 aliphatic heterocycles. The van der Waals surface area contributed by atoms with Gasteiger partial charge in [-0.2, -0.15) is 0 Å². The standard InChI is InChI=1S/C7H9NO3S/c8-12(10,11)5-6-3-1-2-4-7(6)9/h1-4,9H,5H2,(H2,8,10,11). The van der Waals surface area contributed by atoms with Gasteiger partial charge in [0.1, 0.15) is 5.75 Å². The maximum Gasteiger partial charge on any atom is 0.213 e. The summed E-state index contributed by atoms with van der Waals surface area (Å²) in [4.78, 5) is 0. The first-order chi connectivity index (χ1) is 5.49. The molecule has 4 nitrogen and oxygen atoms in total. The molecule has 0 radical (unpaired) electrons. The lowest BCUT2D eigenvalue weighted by atomic mass is 10.2. The fourth-order valence-electron chi connectivity index (χ4n) is 0.850. The van der Waals surface area contributed by atoms with Crippen LogP contribution < -0.4 is 5.14 Å². The summed E-state index contributed by atoms with van der Waals surface area (Å²) in [5.74, 6) is -0.383. The van der Waals surface area contributed by atoms with Gasteiger partial charge in [-0.3, -0.25) is 0 Å². The number of phenolic OH excluding ortho intramolecular Hbond substituents is 1. The molecule has 0 aliphatic carbocycles. The van der Waals surface area contributed by atoms with Crippen molar-refractivity contribution in [2.45, 2.75) is 5.75 Å². The van der Waals surface area contributed by atoms with Gasteiger partial charge in [0, 0.05) is 5.56 Å². The molecule has 0 amide bonds. The molecule has 0 saturated heterocycles. The van der Waals surface area contributed by atoms with E-state index in [1.54, 1.807) is 12.1 Å². The zero-order valence-electron chi connectivity index (χ0n) is 6.27. The first-order valence-electron chi connectivity index (χ1n) is 3.26. The molecule has 0 spiro atoms. The third-order valence-electron chi connectivity index (χ3n) is 1.35. The van der Waals surface area contributed by atoms with E-state index in [2.05, 4.69) is 0 Å². The van der Waals surface area contributed by atoms with Crippen molar-refractivity contribution in [3.05, 3.63) is 29.8 Å². The summed E-state index contributed by atoms with van der Waals surface area (Å²) < 4.78 is 21.2. The fraction of sp³-hybridized carbons (Fsp3) is 0.143. The van der Waals surface area contributed by atoms with Crippen molar-refractivity contribution < 1.29 is 13.5 Å². The minimum atomic E-state index is -3.56. The summed E-state index contributed by atoms with van der Waals surface area (Å²) in [5.41, 5.74) is 0.319. The molecule has 0 saturated carbocycles. The lowest BCUT2D eigenvalue weighted by molar-refractivity contribution is 0.469. The molecular formula is C7H9NO3S. The molecule has 1 rings (SSSR count). The molecule has 1 aromatic rings. The smallest absolute Gasteiger partial charge is 0.213 e. The van der Waals surface area contributed by atoms with Crippen LogP contribution >= 0.6 is 0 Å². The van der Waals surface area contributed by atoms with E-state index in [0.29, 0.717) is 5.56 Å². The van der Waals surface area contributed by atoms with Crippen LogP contribution in [0.3, 0.4) is 0 Å². The SMILES string of the molecule is NS(=O)(=O)Cc1ccccc1O. The fourth-order valence-corrected chi connectivity index (χ4v) is 1.53. The van der Waals surface area contributed by atoms with Crippen LogP contribution in [0.4, 0.5) is 0 Å². The molecule has 0 heterocycles. The van der Waals surface area contributed by atoms with E-state index in [4.69, 9.17) is 10.2 Å². The molecule has 0 aliphatic rings. The molecule has 0 bridgehead atoms. The lowest BCUT2D eigenvalue weighted by Crippen LogP contribution is -2.14. The zero-order chi connectivity index (χ0) is 9.19. The summed E-state index contributed by atoms with van der Waals surface area (Å²) >= 11 is 0. The summed E-state index contributed by atoms with van der Waals surface area (Å²) in [7, 11) is -3.56. The first-order valence-corrected chi connectivity index (χ1v) is 4.98. The maximum absolute atomic E-state index is 10.6. The zero-order valence-corrected chi connectivity index (χ0v) is 7.08. The predicted octanol–water partition coefficient (Wildman–Crippen LogP) is 0.181. The molecular weight excluding hydrogens is 178 g/mol. The van der Waals surface area contributed by atoms with Crippen molar-refractivity contribution in [2.75, 3.05) is 0 Å². The van der Waals surface area contributed by atoms with E-state index < -0.39 is 10.0 Å². The van der Waals surface area contributed by atoms with Crippen molar-refractivity contribution in [3.63, 3.8) is 0 Å². The number of benzene rings is 1. The summed E-state index contributed by atoms with van der Waals surface area (Å²) in [6.07, 6.45) is 0. The Morgan fingerprint density at radius 1 is 1.33 bits per heavy atom. The normalized spacial score (nSPS) is 11.4. The number of hydrogen-bond donors (Lipinski definition) is 2. The monoisotopic (exact) mass is 187 g/mol. The molecule has 1 aromatic carbocycles. The molecule has 0 atom stereocenters. The average molecular weight is 187 g/mol. The third kappa shape index (κ3) is 2.52. The molecule has 5 heteroatoms. The van der Waals surface area contributed by atoms with Crippen LogP contribution in [-0.4, -0.2) is 13.5 Å². The van der Waals surface area contributed by atoms with Gasteiger partial charge in [0.15, 0.2) is 0 Å². The highest BCUT2D eigenvalue weighted by Crippen LogP contribution is 2.16. The number of para-hydroxylation sites is 1. The van der Waals surface area contributed by atoms with Gasteiger partial charge in [-0.1, -0.05) is 18.2 Å². The Labute approximate surface area is 70.7 Å². The van der Waals surface area contributed by atoms with Gasteiger partial charge in [0.05, 0.1) is 5.75 Å². The number of phenols is 1. The van der Waals surface area contributed by atoms with E-state index in [9.17, 15) is 8.42 Å². The Bertz CT molecular complexity index is 372. The van der Waals surface area contributed by atoms with E-state index in [-0.39, 0.29) is 11.5 Å². The largest absolute Gasteiger partial charge is 0.508 e. The van der Waals surface area contributed by atoms with E-state index >= 15 is 0 Å². The van der Waals surface area contributed by atoms with Gasteiger partial charge in [0.25, 0.3) is 0 Å². The number of rotatable bonds is 2. The Balaban J connectivity index is 2.98. The molecule has 66 valence electrons. The van der Waals surface area contributed by atoms with Crippen LogP contribution in [0.5, 0.6) is 5.75 Å². The lowest BCUT2D eigenvalue weighted by Gasteiger charge is -2.00. The Morgan fingerprint density at radius 3 is 2.42 bits per heavy atom. The Kier molecular flexibility index (Phi) is 2.35. The van der Waals surface area contributed by atoms with E-state index in [1.807, 2.05) is 0 Å². The average Bonchev–Trinajstić information content (AvgIpc) is 1.91. The van der Waals surface area contributed by atoms with Crippen LogP contribution in [0.2, 0.25) is 0 Å². The predicted molar refractivity (Wildman–Crippen MR) is 44.9 cm³/mol. The molecule has 0 aromatic heterocycles. The highest BCUT2D eigenvalue weighted by molar-refractivity contribution is 7.88. The van der Waals surface area contributed by atoms with Gasteiger partial charge in [-0.15, -0.1) is 0 Å². The topological polar surface area (TPSA) is 80.4 Å². The number of sulfonamides is 1. The number of hydrogen-bond acceptors (Lipinski definition) is 3. The van der Waals surface area contributed by atoms with Gasteiger partial charge in [-0.25, -0.2) is 13.6 Å². The quantitative estimate of drug-likeness (QED) is 0.693. The number of primary sulfonamides is 1. The third-order valence-corrected chi connectivity index (χ3v) is 2.06. The van der Waals surface area contributed by atoms with Crippen LogP contribution in [0.25, 0.3) is 0 Å². The molecule has 12 heavy (non-hydrogen) atoms. The Morgan fingerprint density at radius 2 is 1.92 bits per heavy atom. The molecule has 0 unspecified atom stereocenters. The summed E-state index contributed by atoms with van der Waals surface area (Å²) in [5, 5.41) is 14.0. The van der Waals surface area contributed by atoms with Crippen molar-refractivity contribution in [1.82, 2.24) is 0 Å². The van der Waals surface area contributed by atoms with Gasteiger partial charge in [0.2, 0.25) is 10.0 Å². The second kappa shape index (κ2) is 3.12. The van der Waals surface area contributed by atoms with Crippen LogP contribution in [0, 0.1) is 0 Å². The van der Waals surface area contributed by atoms with Crippen molar-refractivity contribution in [1.29, 1.82) is 0 Å². The summed E-state index contributed by atoms with van der Waals surface area (Å²) in [6.45, 7) is 0. The highest BCUT2D eigenvalue weighted by Gasteiger charge is 2.07. The van der Waals surface area contributed by atoms with Crippen LogP contribution in [0.15, 0.2) is 24.3 Å². The van der Waals surface area contributed by atoms with E-state index in [0.717, 1.165) is 0 Å². The van der Waals surface area contributed by atoms with Crippen molar-refractivity contribution in [2.24, 2.45) is 5.14 Å². The van der Waals surface area contributed by atoms with E-state index in [1.165, 1.54) is 12.1 Å². The summed E-state index contributed by atoms with van der Waals surface area (Å²) in [6, 6.07) is 6.18. The Hall–Kier alpha value is -1.07. The number of aromatic hydroxyl groups is 1. The van der Waals surface area contributed by atoms with Crippen LogP contribution in [-0.2, 0) is 15.8 Å². The van der Waals surface area contributed by atoms with Crippen molar-refractivity contribution in [3.8, 4) is 5.75 Å². The maximum atomic E-state index is 10.6. The minimum Gasteiger partial charge on any atom is -0.508 e. The second-order valence-corrected chi connectivity index (χ2v) is 4.05. The van der Waals surface area contributed by atoms with Gasteiger partial charge < -0.3 is 5.11 Å². The number of nitrogens with two attached hydrogens (primary N) is 1. The molecule has 0 fully saturated rings. The minimum absolute atomic E-state index is 0.0495. The second-order valence-electron chi connectivity index (χ2n) is 2.44.